The van der Waals surface area contributed by atoms with E-state index in [-0.39, 0.29) is 24.3 Å². The Hall–Kier alpha value is -1.16. The summed E-state index contributed by atoms with van der Waals surface area (Å²) in [5, 5.41) is 2.85. The van der Waals surface area contributed by atoms with Crippen molar-refractivity contribution in [2.75, 3.05) is 13.2 Å². The topological polar surface area (TPSA) is 55.4 Å². The van der Waals surface area contributed by atoms with Crippen LogP contribution in [0.2, 0.25) is 0 Å². The molecule has 0 bridgehead atoms. The average Bonchev–Trinajstić information content (AvgIpc) is 2.19. The van der Waals surface area contributed by atoms with Gasteiger partial charge >= 0.3 is 5.97 Å². The number of hydrogen-bond donors (Lipinski definition) is 1. The molecule has 1 aliphatic heterocycles. The molecular formula is C10H15NO3. The molecule has 14 heavy (non-hydrogen) atoms. The smallest absolute Gasteiger partial charge is 0.323 e. The van der Waals surface area contributed by atoms with Gasteiger partial charge in [0.2, 0.25) is 0 Å². The summed E-state index contributed by atoms with van der Waals surface area (Å²) in [6, 6.07) is -0.307. The van der Waals surface area contributed by atoms with Crippen molar-refractivity contribution in [3.05, 3.63) is 12.2 Å². The molecule has 78 valence electrons. The van der Waals surface area contributed by atoms with Gasteiger partial charge in [-0.05, 0) is 13.3 Å². The van der Waals surface area contributed by atoms with Crippen LogP contribution in [-0.4, -0.2) is 30.9 Å². The molecule has 4 heteroatoms. The fraction of sp³-hybridized carbons (Fsp3) is 0.600. The number of allylic oxidation sites excluding steroid dienone is 1. The maximum absolute atomic E-state index is 11.3. The molecule has 0 saturated carbocycles. The predicted molar refractivity (Wildman–Crippen MR) is 51.8 cm³/mol. The number of piperidine rings is 1. The second kappa shape index (κ2) is 5.54. The Kier molecular flexibility index (Phi) is 4.32. The van der Waals surface area contributed by atoms with Crippen molar-refractivity contribution in [2.45, 2.75) is 25.8 Å². The molecule has 0 aromatic rings. The number of carbonyl (C=O) groups is 2. The van der Waals surface area contributed by atoms with E-state index in [2.05, 4.69) is 5.32 Å². The summed E-state index contributed by atoms with van der Waals surface area (Å²) in [4.78, 5) is 22.2. The Labute approximate surface area is 83.3 Å². The molecule has 1 heterocycles. The van der Waals surface area contributed by atoms with Crippen LogP contribution in [0.15, 0.2) is 12.2 Å². The Bertz CT molecular complexity index is 238. The molecule has 0 aromatic carbocycles. The molecule has 0 amide bonds. The van der Waals surface area contributed by atoms with Gasteiger partial charge in [-0.2, -0.15) is 0 Å². The lowest BCUT2D eigenvalue weighted by Gasteiger charge is -2.20. The highest BCUT2D eigenvalue weighted by Gasteiger charge is 2.24. The van der Waals surface area contributed by atoms with E-state index in [1.807, 2.05) is 13.0 Å². The summed E-state index contributed by atoms with van der Waals surface area (Å²) in [7, 11) is 0. The number of ether oxygens (including phenoxy) is 1. The number of rotatable bonds is 3. The lowest BCUT2D eigenvalue weighted by Crippen LogP contribution is -2.45. The zero-order valence-electron chi connectivity index (χ0n) is 8.29. The van der Waals surface area contributed by atoms with Crippen LogP contribution in [0.5, 0.6) is 0 Å². The number of nitrogens with one attached hydrogen (secondary N) is 1. The van der Waals surface area contributed by atoms with Crippen molar-refractivity contribution in [3.63, 3.8) is 0 Å². The average molecular weight is 197 g/mol. The van der Waals surface area contributed by atoms with E-state index in [0.717, 1.165) is 0 Å². The minimum absolute atomic E-state index is 0.155. The number of esters is 1. The van der Waals surface area contributed by atoms with Crippen LogP contribution in [-0.2, 0) is 14.3 Å². The van der Waals surface area contributed by atoms with Crippen LogP contribution in [0.1, 0.15) is 19.8 Å². The first kappa shape index (κ1) is 10.9. The van der Waals surface area contributed by atoms with Crippen LogP contribution in [0.25, 0.3) is 0 Å². The second-order valence-electron chi connectivity index (χ2n) is 3.21. The zero-order valence-corrected chi connectivity index (χ0v) is 8.29. The van der Waals surface area contributed by atoms with Gasteiger partial charge in [-0.25, -0.2) is 0 Å². The Balaban J connectivity index is 2.27. The fourth-order valence-electron chi connectivity index (χ4n) is 1.26. The third kappa shape index (κ3) is 3.30. The number of ketones is 1. The number of Topliss-reactive ketones (excluding diaryl/α,β-unsaturated/α-hetero) is 1. The molecule has 1 saturated heterocycles. The molecule has 1 N–H and O–H groups in total. The Morgan fingerprint density at radius 3 is 3.07 bits per heavy atom. The van der Waals surface area contributed by atoms with Crippen LogP contribution in [0.3, 0.4) is 0 Å². The van der Waals surface area contributed by atoms with Gasteiger partial charge in [0.1, 0.15) is 18.4 Å². The highest BCUT2D eigenvalue weighted by molar-refractivity contribution is 5.85. The van der Waals surface area contributed by atoms with Crippen LogP contribution >= 0.6 is 0 Å². The monoisotopic (exact) mass is 197 g/mol. The number of carbonyl (C=O) groups excluding carboxylic acids is 2. The van der Waals surface area contributed by atoms with E-state index in [9.17, 15) is 9.59 Å². The quantitative estimate of drug-likeness (QED) is 0.526. The molecule has 0 aliphatic carbocycles. The van der Waals surface area contributed by atoms with E-state index in [1.165, 1.54) is 0 Å². The first-order valence-corrected chi connectivity index (χ1v) is 4.77. The van der Waals surface area contributed by atoms with E-state index >= 15 is 0 Å². The standard InChI is InChI=1S/C10H15NO3/c1-2-3-6-14-10(13)9-5-4-8(12)7-11-9/h2-3,9,11H,4-7H2,1H3/b3-2+. The van der Waals surface area contributed by atoms with Crippen molar-refractivity contribution >= 4 is 11.8 Å². The van der Waals surface area contributed by atoms with Gasteiger partial charge in [0, 0.05) is 6.42 Å². The molecule has 0 spiro atoms. The molecule has 1 rings (SSSR count). The van der Waals surface area contributed by atoms with Gasteiger partial charge in [0.15, 0.2) is 0 Å². The largest absolute Gasteiger partial charge is 0.460 e. The van der Waals surface area contributed by atoms with Gasteiger partial charge in [-0.3, -0.25) is 14.9 Å². The summed E-state index contributed by atoms with van der Waals surface area (Å²) in [6.07, 6.45) is 4.61. The highest BCUT2D eigenvalue weighted by atomic mass is 16.5. The van der Waals surface area contributed by atoms with Crippen molar-refractivity contribution in [1.82, 2.24) is 5.32 Å². The van der Waals surface area contributed by atoms with Crippen molar-refractivity contribution in [2.24, 2.45) is 0 Å². The van der Waals surface area contributed by atoms with Gasteiger partial charge in [0.05, 0.1) is 6.54 Å². The minimum Gasteiger partial charge on any atom is -0.460 e. The van der Waals surface area contributed by atoms with Gasteiger partial charge < -0.3 is 4.74 Å². The summed E-state index contributed by atoms with van der Waals surface area (Å²) >= 11 is 0. The fourth-order valence-corrected chi connectivity index (χ4v) is 1.26. The van der Waals surface area contributed by atoms with Gasteiger partial charge in [-0.15, -0.1) is 0 Å². The lowest BCUT2D eigenvalue weighted by molar-refractivity contribution is -0.145. The molecular weight excluding hydrogens is 182 g/mol. The van der Waals surface area contributed by atoms with Crippen molar-refractivity contribution in [1.29, 1.82) is 0 Å². The van der Waals surface area contributed by atoms with E-state index in [1.54, 1.807) is 6.08 Å². The first-order valence-electron chi connectivity index (χ1n) is 4.77. The number of hydrogen-bond acceptors (Lipinski definition) is 4. The SMILES string of the molecule is C/C=C/COC(=O)C1CCC(=O)CN1. The summed E-state index contributed by atoms with van der Waals surface area (Å²) in [5.74, 6) is -0.113. The summed E-state index contributed by atoms with van der Waals surface area (Å²) in [6.45, 7) is 2.45. The third-order valence-corrected chi connectivity index (χ3v) is 2.10. The molecule has 1 fully saturated rings. The maximum atomic E-state index is 11.3. The highest BCUT2D eigenvalue weighted by Crippen LogP contribution is 2.05. The third-order valence-electron chi connectivity index (χ3n) is 2.10. The molecule has 0 aromatic heterocycles. The van der Waals surface area contributed by atoms with Crippen molar-refractivity contribution < 1.29 is 14.3 Å². The lowest BCUT2D eigenvalue weighted by atomic mass is 10.0. The Morgan fingerprint density at radius 2 is 2.50 bits per heavy atom. The van der Waals surface area contributed by atoms with Crippen molar-refractivity contribution in [3.8, 4) is 0 Å². The molecule has 1 aliphatic rings. The summed E-state index contributed by atoms with van der Waals surface area (Å²) in [5.41, 5.74) is 0. The maximum Gasteiger partial charge on any atom is 0.323 e. The normalized spacial score (nSPS) is 22.6. The Morgan fingerprint density at radius 1 is 1.71 bits per heavy atom. The van der Waals surface area contributed by atoms with E-state index in [4.69, 9.17) is 4.74 Å². The van der Waals surface area contributed by atoms with Gasteiger partial charge in [0.25, 0.3) is 0 Å². The van der Waals surface area contributed by atoms with E-state index in [0.29, 0.717) is 19.4 Å². The first-order chi connectivity index (χ1) is 6.74. The molecule has 1 atom stereocenters. The van der Waals surface area contributed by atoms with Crippen LogP contribution in [0.4, 0.5) is 0 Å². The zero-order chi connectivity index (χ0) is 10.4. The summed E-state index contributed by atoms with van der Waals surface area (Å²) < 4.78 is 4.96. The van der Waals surface area contributed by atoms with Crippen LogP contribution < -0.4 is 5.32 Å². The van der Waals surface area contributed by atoms with Gasteiger partial charge in [-0.1, -0.05) is 12.2 Å². The minimum atomic E-state index is -0.307. The molecule has 1 unspecified atom stereocenters. The van der Waals surface area contributed by atoms with Crippen LogP contribution in [0, 0.1) is 0 Å². The molecule has 0 radical (unpaired) electrons. The molecule has 4 nitrogen and oxygen atoms in total. The second-order valence-corrected chi connectivity index (χ2v) is 3.21. The predicted octanol–water partition coefficient (Wildman–Crippen LogP) is 0.427. The van der Waals surface area contributed by atoms with E-state index < -0.39 is 0 Å².